The molecule has 0 radical (unpaired) electrons. The van der Waals surface area contributed by atoms with Crippen molar-refractivity contribution in [2.45, 2.75) is 46.0 Å². The van der Waals surface area contributed by atoms with Gasteiger partial charge in [-0.15, -0.1) is 0 Å². The molecule has 0 spiro atoms. The lowest BCUT2D eigenvalue weighted by Gasteiger charge is -2.04. The van der Waals surface area contributed by atoms with Gasteiger partial charge in [-0.1, -0.05) is 19.8 Å². The normalized spacial score (nSPS) is 10.1. The summed E-state index contributed by atoms with van der Waals surface area (Å²) in [6.45, 7) is 5.01. The van der Waals surface area contributed by atoms with Crippen molar-refractivity contribution in [3.8, 4) is 0 Å². The van der Waals surface area contributed by atoms with Gasteiger partial charge in [0, 0.05) is 19.6 Å². The standard InChI is InChI=1S/C12H23NO3/c1-3-4-5-8-13-12(15)7-6-9-16-10-11(2)14/h3-10H2,1-2H3,(H,13,15). The number of carbonyl (C=O) groups is 2. The van der Waals surface area contributed by atoms with Crippen LogP contribution in [0.25, 0.3) is 0 Å². The summed E-state index contributed by atoms with van der Waals surface area (Å²) in [4.78, 5) is 21.8. The minimum Gasteiger partial charge on any atom is -0.374 e. The first-order chi connectivity index (χ1) is 7.66. The first kappa shape index (κ1) is 15.1. The largest absolute Gasteiger partial charge is 0.374 e. The minimum absolute atomic E-state index is 0.0176. The summed E-state index contributed by atoms with van der Waals surface area (Å²) in [6.07, 6.45) is 4.51. The number of Topliss-reactive ketones (excluding diaryl/α,β-unsaturated/α-hetero) is 1. The second kappa shape index (κ2) is 10.6. The van der Waals surface area contributed by atoms with Gasteiger partial charge < -0.3 is 10.1 Å². The molecule has 0 saturated heterocycles. The molecular formula is C12H23NO3. The molecule has 94 valence electrons. The van der Waals surface area contributed by atoms with Crippen LogP contribution >= 0.6 is 0 Å². The third kappa shape index (κ3) is 11.2. The second-order valence-corrected chi connectivity index (χ2v) is 3.92. The van der Waals surface area contributed by atoms with Crippen LogP contribution in [0.4, 0.5) is 0 Å². The van der Waals surface area contributed by atoms with Crippen LogP contribution < -0.4 is 5.32 Å². The highest BCUT2D eigenvalue weighted by molar-refractivity contribution is 5.76. The van der Waals surface area contributed by atoms with Crippen molar-refractivity contribution in [1.82, 2.24) is 5.32 Å². The van der Waals surface area contributed by atoms with Crippen LogP contribution in [0.1, 0.15) is 46.0 Å². The molecule has 0 aromatic carbocycles. The zero-order valence-electron chi connectivity index (χ0n) is 10.4. The van der Waals surface area contributed by atoms with Crippen LogP contribution in [-0.2, 0) is 14.3 Å². The van der Waals surface area contributed by atoms with Crippen LogP contribution in [0.15, 0.2) is 0 Å². The maximum Gasteiger partial charge on any atom is 0.220 e. The van der Waals surface area contributed by atoms with Crippen LogP contribution in [0.5, 0.6) is 0 Å². The molecule has 0 aliphatic rings. The quantitative estimate of drug-likeness (QED) is 0.580. The van der Waals surface area contributed by atoms with E-state index in [2.05, 4.69) is 12.2 Å². The maximum absolute atomic E-state index is 11.3. The average Bonchev–Trinajstić information content (AvgIpc) is 2.23. The van der Waals surface area contributed by atoms with Crippen molar-refractivity contribution < 1.29 is 14.3 Å². The van der Waals surface area contributed by atoms with Gasteiger partial charge in [-0.25, -0.2) is 0 Å². The maximum atomic E-state index is 11.3. The van der Waals surface area contributed by atoms with Gasteiger partial charge in [-0.05, 0) is 19.8 Å². The van der Waals surface area contributed by atoms with Crippen molar-refractivity contribution >= 4 is 11.7 Å². The van der Waals surface area contributed by atoms with Crippen molar-refractivity contribution in [2.75, 3.05) is 19.8 Å². The Morgan fingerprint density at radius 3 is 2.56 bits per heavy atom. The molecule has 0 fully saturated rings. The highest BCUT2D eigenvalue weighted by Crippen LogP contribution is 1.93. The summed E-state index contributed by atoms with van der Waals surface area (Å²) in [5.74, 6) is 0.0894. The highest BCUT2D eigenvalue weighted by atomic mass is 16.5. The van der Waals surface area contributed by atoms with Crippen LogP contribution in [0.2, 0.25) is 0 Å². The number of hydrogen-bond donors (Lipinski definition) is 1. The lowest BCUT2D eigenvalue weighted by Crippen LogP contribution is -2.24. The van der Waals surface area contributed by atoms with E-state index in [1.54, 1.807) is 0 Å². The third-order valence-electron chi connectivity index (χ3n) is 2.10. The summed E-state index contributed by atoms with van der Waals surface area (Å²) < 4.78 is 5.06. The van der Waals surface area contributed by atoms with Crippen molar-refractivity contribution in [3.63, 3.8) is 0 Å². The number of nitrogens with one attached hydrogen (secondary N) is 1. The first-order valence-corrected chi connectivity index (χ1v) is 6.00. The Hall–Kier alpha value is -0.900. The smallest absolute Gasteiger partial charge is 0.220 e. The molecule has 0 bridgehead atoms. The Morgan fingerprint density at radius 1 is 1.19 bits per heavy atom. The Balaban J connectivity index is 3.20. The molecule has 1 amide bonds. The van der Waals surface area contributed by atoms with Crippen LogP contribution in [0, 0.1) is 0 Å². The first-order valence-electron chi connectivity index (χ1n) is 6.00. The molecular weight excluding hydrogens is 206 g/mol. The minimum atomic E-state index is 0.0176. The monoisotopic (exact) mass is 229 g/mol. The van der Waals surface area contributed by atoms with Crippen LogP contribution in [-0.4, -0.2) is 31.4 Å². The van der Waals surface area contributed by atoms with Crippen molar-refractivity contribution in [3.05, 3.63) is 0 Å². The summed E-state index contributed by atoms with van der Waals surface area (Å²) >= 11 is 0. The van der Waals surface area contributed by atoms with Gasteiger partial charge in [-0.2, -0.15) is 0 Å². The fraction of sp³-hybridized carbons (Fsp3) is 0.833. The Labute approximate surface area is 97.7 Å². The SMILES string of the molecule is CCCCCNC(=O)CCCOCC(C)=O. The summed E-state index contributed by atoms with van der Waals surface area (Å²) in [5.41, 5.74) is 0. The summed E-state index contributed by atoms with van der Waals surface area (Å²) in [5, 5.41) is 2.86. The van der Waals surface area contributed by atoms with Crippen molar-refractivity contribution in [2.24, 2.45) is 0 Å². The molecule has 0 unspecified atom stereocenters. The molecule has 0 rings (SSSR count). The molecule has 16 heavy (non-hydrogen) atoms. The molecule has 0 aromatic heterocycles. The van der Waals surface area contributed by atoms with Gasteiger partial charge in [0.1, 0.15) is 6.61 Å². The molecule has 0 atom stereocenters. The van der Waals surface area contributed by atoms with E-state index in [4.69, 9.17) is 4.74 Å². The molecule has 4 nitrogen and oxygen atoms in total. The van der Waals surface area contributed by atoms with Gasteiger partial charge in [0.05, 0.1) is 0 Å². The van der Waals surface area contributed by atoms with E-state index in [0.29, 0.717) is 19.4 Å². The summed E-state index contributed by atoms with van der Waals surface area (Å²) in [7, 11) is 0. The van der Waals surface area contributed by atoms with Gasteiger partial charge in [0.2, 0.25) is 5.91 Å². The predicted molar refractivity (Wildman–Crippen MR) is 63.3 cm³/mol. The van der Waals surface area contributed by atoms with Gasteiger partial charge in [-0.3, -0.25) is 9.59 Å². The topological polar surface area (TPSA) is 55.4 Å². The number of ether oxygens (including phenoxy) is 1. The number of rotatable bonds is 10. The van der Waals surface area contributed by atoms with Crippen molar-refractivity contribution in [1.29, 1.82) is 0 Å². The lowest BCUT2D eigenvalue weighted by atomic mass is 10.2. The average molecular weight is 229 g/mol. The predicted octanol–water partition coefficient (Wildman–Crippen LogP) is 1.68. The second-order valence-electron chi connectivity index (χ2n) is 3.92. The van der Waals surface area contributed by atoms with E-state index in [1.807, 2.05) is 0 Å². The van der Waals surface area contributed by atoms with E-state index in [0.717, 1.165) is 25.8 Å². The number of unbranched alkanes of at least 4 members (excludes halogenated alkanes) is 2. The van der Waals surface area contributed by atoms with E-state index in [-0.39, 0.29) is 18.3 Å². The van der Waals surface area contributed by atoms with E-state index >= 15 is 0 Å². The Bertz CT molecular complexity index is 204. The zero-order valence-corrected chi connectivity index (χ0v) is 10.4. The fourth-order valence-corrected chi connectivity index (χ4v) is 1.24. The van der Waals surface area contributed by atoms with E-state index in [9.17, 15) is 9.59 Å². The molecule has 4 heteroatoms. The molecule has 0 aromatic rings. The number of hydrogen-bond acceptors (Lipinski definition) is 3. The number of ketones is 1. The van der Waals surface area contributed by atoms with Gasteiger partial charge >= 0.3 is 0 Å². The zero-order chi connectivity index (χ0) is 12.2. The highest BCUT2D eigenvalue weighted by Gasteiger charge is 2.00. The van der Waals surface area contributed by atoms with Gasteiger partial charge in [0.25, 0.3) is 0 Å². The number of carbonyl (C=O) groups excluding carboxylic acids is 2. The molecule has 0 aliphatic carbocycles. The fourth-order valence-electron chi connectivity index (χ4n) is 1.24. The van der Waals surface area contributed by atoms with E-state index < -0.39 is 0 Å². The summed E-state index contributed by atoms with van der Waals surface area (Å²) in [6, 6.07) is 0. The Morgan fingerprint density at radius 2 is 1.94 bits per heavy atom. The van der Waals surface area contributed by atoms with Gasteiger partial charge in [0.15, 0.2) is 5.78 Å². The van der Waals surface area contributed by atoms with Crippen LogP contribution in [0.3, 0.4) is 0 Å². The molecule has 0 heterocycles. The number of amides is 1. The molecule has 1 N–H and O–H groups in total. The lowest BCUT2D eigenvalue weighted by molar-refractivity contribution is -0.122. The third-order valence-corrected chi connectivity index (χ3v) is 2.10. The Kier molecular flexibility index (Phi) is 10.0. The molecule has 0 saturated carbocycles. The molecule has 0 aliphatic heterocycles. The van der Waals surface area contributed by atoms with E-state index in [1.165, 1.54) is 6.92 Å².